The van der Waals surface area contributed by atoms with Gasteiger partial charge < -0.3 is 14.4 Å². The lowest BCUT2D eigenvalue weighted by Gasteiger charge is -2.38. The highest BCUT2D eigenvalue weighted by Crippen LogP contribution is 2.32. The van der Waals surface area contributed by atoms with Gasteiger partial charge in [-0.15, -0.1) is 6.58 Å². The number of aromatic nitrogens is 2. The summed E-state index contributed by atoms with van der Waals surface area (Å²) in [5, 5.41) is 6.57. The van der Waals surface area contributed by atoms with E-state index in [0.29, 0.717) is 25.5 Å². The topological polar surface area (TPSA) is 67.5 Å². The van der Waals surface area contributed by atoms with Gasteiger partial charge in [-0.1, -0.05) is 6.08 Å². The first-order valence-electron chi connectivity index (χ1n) is 6.95. The Morgan fingerprint density at radius 1 is 1.65 bits per heavy atom. The highest BCUT2D eigenvalue weighted by atomic mass is 16.5. The summed E-state index contributed by atoms with van der Waals surface area (Å²) in [6.07, 6.45) is 5.17. The predicted molar refractivity (Wildman–Crippen MR) is 72.3 cm³/mol. The van der Waals surface area contributed by atoms with Gasteiger partial charge in [0.25, 0.3) is 5.91 Å². The molecule has 1 aliphatic carbocycles. The average molecular weight is 277 g/mol. The maximum Gasteiger partial charge on any atom is 0.272 e. The van der Waals surface area contributed by atoms with Gasteiger partial charge in [0.15, 0.2) is 0 Å². The third-order valence-electron chi connectivity index (χ3n) is 3.96. The van der Waals surface area contributed by atoms with Gasteiger partial charge in [-0.05, 0) is 18.9 Å². The highest BCUT2D eigenvalue weighted by Gasteiger charge is 2.45. The minimum Gasteiger partial charge on any atom is -0.372 e. The lowest BCUT2D eigenvalue weighted by atomic mass is 10.1. The van der Waals surface area contributed by atoms with E-state index in [1.165, 1.54) is 0 Å². The SMILES string of the molecule is C=CCO[C@@H]1CC[C@H]2[C@H]1OCCN2C(=O)c1ccn[nH]1. The molecule has 0 aromatic carbocycles. The van der Waals surface area contributed by atoms with Gasteiger partial charge >= 0.3 is 0 Å². The molecule has 2 fully saturated rings. The summed E-state index contributed by atoms with van der Waals surface area (Å²) in [5.41, 5.74) is 0.529. The second-order valence-corrected chi connectivity index (χ2v) is 5.11. The van der Waals surface area contributed by atoms with Crippen LogP contribution < -0.4 is 0 Å². The Kier molecular flexibility index (Phi) is 3.84. The van der Waals surface area contributed by atoms with Crippen molar-refractivity contribution in [3.8, 4) is 0 Å². The molecule has 0 unspecified atom stereocenters. The van der Waals surface area contributed by atoms with E-state index in [1.807, 2.05) is 4.90 Å². The molecular formula is C14H19N3O3. The summed E-state index contributed by atoms with van der Waals surface area (Å²) in [4.78, 5) is 14.4. The van der Waals surface area contributed by atoms with E-state index in [4.69, 9.17) is 9.47 Å². The fraction of sp³-hybridized carbons (Fsp3) is 0.571. The average Bonchev–Trinajstić information content (AvgIpc) is 3.13. The van der Waals surface area contributed by atoms with Gasteiger partial charge in [-0.3, -0.25) is 9.89 Å². The van der Waals surface area contributed by atoms with Gasteiger partial charge in [0.05, 0.1) is 25.4 Å². The van der Waals surface area contributed by atoms with Gasteiger partial charge in [0.2, 0.25) is 0 Å². The van der Waals surface area contributed by atoms with Crippen LogP contribution in [0.1, 0.15) is 23.3 Å². The van der Waals surface area contributed by atoms with Crippen LogP contribution >= 0.6 is 0 Å². The number of nitrogens with zero attached hydrogens (tertiary/aromatic N) is 2. The minimum absolute atomic E-state index is 0.00910. The van der Waals surface area contributed by atoms with Crippen molar-refractivity contribution in [1.82, 2.24) is 15.1 Å². The van der Waals surface area contributed by atoms with Crippen LogP contribution in [0.15, 0.2) is 24.9 Å². The largest absolute Gasteiger partial charge is 0.372 e. The van der Waals surface area contributed by atoms with Crippen LogP contribution in [-0.4, -0.2) is 59.0 Å². The van der Waals surface area contributed by atoms with E-state index in [0.717, 1.165) is 12.8 Å². The summed E-state index contributed by atoms with van der Waals surface area (Å²) < 4.78 is 11.6. The number of amides is 1. The minimum atomic E-state index is -0.0319. The molecule has 108 valence electrons. The molecule has 1 aromatic rings. The molecule has 6 nitrogen and oxygen atoms in total. The second-order valence-electron chi connectivity index (χ2n) is 5.11. The van der Waals surface area contributed by atoms with Crippen molar-refractivity contribution < 1.29 is 14.3 Å². The first-order valence-corrected chi connectivity index (χ1v) is 6.95. The Morgan fingerprint density at radius 3 is 3.30 bits per heavy atom. The van der Waals surface area contributed by atoms with Gasteiger partial charge in [-0.2, -0.15) is 5.10 Å². The Labute approximate surface area is 117 Å². The number of nitrogens with one attached hydrogen (secondary N) is 1. The zero-order valence-electron chi connectivity index (χ0n) is 11.3. The fourth-order valence-corrected chi connectivity index (χ4v) is 3.07. The summed E-state index contributed by atoms with van der Waals surface area (Å²) >= 11 is 0. The summed E-state index contributed by atoms with van der Waals surface area (Å²) in [7, 11) is 0. The fourth-order valence-electron chi connectivity index (χ4n) is 3.07. The quantitative estimate of drug-likeness (QED) is 0.833. The molecule has 6 heteroatoms. The number of aromatic amines is 1. The van der Waals surface area contributed by atoms with Crippen LogP contribution in [0.4, 0.5) is 0 Å². The van der Waals surface area contributed by atoms with Crippen molar-refractivity contribution in [3.63, 3.8) is 0 Å². The van der Waals surface area contributed by atoms with Crippen molar-refractivity contribution in [3.05, 3.63) is 30.6 Å². The standard InChI is InChI=1S/C14H19N3O3/c1-2-8-19-12-4-3-11-13(12)20-9-7-17(11)14(18)10-5-6-15-16-10/h2,5-6,11-13H,1,3-4,7-9H2,(H,15,16)/t11-,12+,13+/m0/s1. The van der Waals surface area contributed by atoms with Crippen LogP contribution in [0.2, 0.25) is 0 Å². The number of morpholine rings is 1. The number of hydrogen-bond donors (Lipinski definition) is 1. The van der Waals surface area contributed by atoms with Crippen molar-refractivity contribution in [2.24, 2.45) is 0 Å². The summed E-state index contributed by atoms with van der Waals surface area (Å²) in [6, 6.07) is 1.79. The molecular weight excluding hydrogens is 258 g/mol. The van der Waals surface area contributed by atoms with Gasteiger partial charge in [-0.25, -0.2) is 0 Å². The molecule has 1 saturated carbocycles. The molecule has 1 aliphatic heterocycles. The van der Waals surface area contributed by atoms with Crippen LogP contribution in [0, 0.1) is 0 Å². The lowest BCUT2D eigenvalue weighted by Crippen LogP contribution is -2.54. The van der Waals surface area contributed by atoms with Crippen molar-refractivity contribution in [1.29, 1.82) is 0 Å². The van der Waals surface area contributed by atoms with Crippen LogP contribution in [-0.2, 0) is 9.47 Å². The Bertz CT molecular complexity index is 474. The van der Waals surface area contributed by atoms with E-state index >= 15 is 0 Å². The molecule has 1 N–H and O–H groups in total. The van der Waals surface area contributed by atoms with Gasteiger partial charge in [0, 0.05) is 12.7 Å². The smallest absolute Gasteiger partial charge is 0.272 e. The molecule has 20 heavy (non-hydrogen) atoms. The molecule has 1 saturated heterocycles. The maximum atomic E-state index is 12.5. The molecule has 2 aliphatic rings. The van der Waals surface area contributed by atoms with E-state index in [-0.39, 0.29) is 24.2 Å². The van der Waals surface area contributed by atoms with Crippen molar-refractivity contribution in [2.75, 3.05) is 19.8 Å². The number of carbonyl (C=O) groups excluding carboxylic acids is 1. The third kappa shape index (κ3) is 2.36. The van der Waals surface area contributed by atoms with Crippen LogP contribution in [0.5, 0.6) is 0 Å². The molecule has 1 aromatic heterocycles. The number of fused-ring (bicyclic) bond motifs is 1. The predicted octanol–water partition coefficient (Wildman–Crippen LogP) is 0.984. The highest BCUT2D eigenvalue weighted by molar-refractivity contribution is 5.92. The third-order valence-corrected chi connectivity index (χ3v) is 3.96. The monoisotopic (exact) mass is 277 g/mol. The summed E-state index contributed by atoms with van der Waals surface area (Å²) in [5.74, 6) is -0.00910. The molecule has 0 spiro atoms. The summed E-state index contributed by atoms with van der Waals surface area (Å²) in [6.45, 7) is 5.35. The second kappa shape index (κ2) is 5.76. The number of hydrogen-bond acceptors (Lipinski definition) is 4. The molecule has 0 radical (unpaired) electrons. The maximum absolute atomic E-state index is 12.5. The van der Waals surface area contributed by atoms with Gasteiger partial charge in [0.1, 0.15) is 11.8 Å². The zero-order chi connectivity index (χ0) is 13.9. The molecule has 1 amide bonds. The van der Waals surface area contributed by atoms with Crippen LogP contribution in [0.3, 0.4) is 0 Å². The van der Waals surface area contributed by atoms with E-state index in [9.17, 15) is 4.79 Å². The molecule has 3 rings (SSSR count). The Morgan fingerprint density at radius 2 is 2.55 bits per heavy atom. The lowest BCUT2D eigenvalue weighted by molar-refractivity contribution is -0.100. The van der Waals surface area contributed by atoms with Crippen LogP contribution in [0.25, 0.3) is 0 Å². The molecule has 2 heterocycles. The molecule has 3 atom stereocenters. The Hall–Kier alpha value is -1.66. The zero-order valence-corrected chi connectivity index (χ0v) is 11.3. The number of carbonyl (C=O) groups is 1. The normalized spacial score (nSPS) is 29.2. The first kappa shape index (κ1) is 13.3. The van der Waals surface area contributed by atoms with E-state index in [2.05, 4.69) is 16.8 Å². The van der Waals surface area contributed by atoms with E-state index in [1.54, 1.807) is 18.3 Å². The first-order chi connectivity index (χ1) is 9.81. The van der Waals surface area contributed by atoms with Crippen molar-refractivity contribution in [2.45, 2.75) is 31.1 Å². The van der Waals surface area contributed by atoms with Crippen molar-refractivity contribution >= 4 is 5.91 Å². The number of H-pyrrole nitrogens is 1. The number of ether oxygens (including phenoxy) is 2. The number of rotatable bonds is 4. The Balaban J connectivity index is 1.71. The molecule has 0 bridgehead atoms. The van der Waals surface area contributed by atoms with E-state index < -0.39 is 0 Å².